The van der Waals surface area contributed by atoms with Gasteiger partial charge in [-0.2, -0.15) is 0 Å². The van der Waals surface area contributed by atoms with E-state index in [2.05, 4.69) is 15.9 Å². The molecule has 1 aliphatic rings. The predicted molar refractivity (Wildman–Crippen MR) is 52.0 cm³/mol. The molecule has 0 aromatic carbocycles. The van der Waals surface area contributed by atoms with Crippen LogP contribution in [0.5, 0.6) is 0 Å². The summed E-state index contributed by atoms with van der Waals surface area (Å²) in [7, 11) is 0. The molecule has 0 aromatic rings. The highest BCUT2D eigenvalue weighted by molar-refractivity contribution is 9.10. The third kappa shape index (κ3) is 2.32. The van der Waals surface area contributed by atoms with Crippen LogP contribution >= 0.6 is 15.9 Å². The summed E-state index contributed by atoms with van der Waals surface area (Å²) in [5.41, 5.74) is 0. The number of halogens is 2. The molecule has 3 atom stereocenters. The number of Topliss-reactive ketones (excluding diaryl/α,β-unsaturated/α-hetero) is 1. The van der Waals surface area contributed by atoms with Crippen LogP contribution in [0.25, 0.3) is 0 Å². The van der Waals surface area contributed by atoms with Crippen molar-refractivity contribution >= 4 is 27.7 Å². The van der Waals surface area contributed by atoms with Gasteiger partial charge in [0.2, 0.25) is 0 Å². The minimum atomic E-state index is -1.19. The van der Waals surface area contributed by atoms with Crippen LogP contribution in [-0.2, 0) is 14.3 Å². The Kier molecular flexibility index (Phi) is 4.04. The van der Waals surface area contributed by atoms with Crippen molar-refractivity contribution in [1.29, 1.82) is 0 Å². The highest BCUT2D eigenvalue weighted by atomic mass is 79.9. The van der Waals surface area contributed by atoms with E-state index in [1.807, 2.05) is 0 Å². The van der Waals surface area contributed by atoms with Gasteiger partial charge in [0.05, 0.1) is 6.61 Å². The van der Waals surface area contributed by atoms with Crippen LogP contribution in [0.4, 0.5) is 4.39 Å². The maximum atomic E-state index is 13.0. The van der Waals surface area contributed by atoms with Crippen molar-refractivity contribution in [3.8, 4) is 0 Å². The van der Waals surface area contributed by atoms with E-state index < -0.39 is 28.7 Å². The third-order valence-electron chi connectivity index (χ3n) is 2.24. The van der Waals surface area contributed by atoms with Crippen molar-refractivity contribution in [2.45, 2.75) is 30.8 Å². The van der Waals surface area contributed by atoms with E-state index >= 15 is 0 Å². The Morgan fingerprint density at radius 3 is 2.86 bits per heavy atom. The van der Waals surface area contributed by atoms with Crippen LogP contribution in [0, 0.1) is 5.92 Å². The van der Waals surface area contributed by atoms with Gasteiger partial charge in [-0.05, 0) is 19.8 Å². The number of ketones is 1. The zero-order chi connectivity index (χ0) is 10.7. The summed E-state index contributed by atoms with van der Waals surface area (Å²) in [5, 5.41) is 0. The summed E-state index contributed by atoms with van der Waals surface area (Å²) in [4.78, 5) is 21.9. The molecule has 1 aliphatic carbocycles. The Morgan fingerprint density at radius 2 is 2.29 bits per heavy atom. The van der Waals surface area contributed by atoms with Gasteiger partial charge in [-0.25, -0.2) is 4.39 Å². The topological polar surface area (TPSA) is 43.4 Å². The van der Waals surface area contributed by atoms with E-state index in [4.69, 9.17) is 4.74 Å². The summed E-state index contributed by atoms with van der Waals surface area (Å²) >= 11 is 2.95. The summed E-state index contributed by atoms with van der Waals surface area (Å²) in [6, 6.07) is 0. The van der Waals surface area contributed by atoms with E-state index in [-0.39, 0.29) is 19.4 Å². The lowest BCUT2D eigenvalue weighted by Gasteiger charge is -2.25. The van der Waals surface area contributed by atoms with E-state index in [9.17, 15) is 14.0 Å². The van der Waals surface area contributed by atoms with Gasteiger partial charge < -0.3 is 4.74 Å². The molecule has 0 N–H and O–H groups in total. The van der Waals surface area contributed by atoms with Crippen molar-refractivity contribution in [3.05, 3.63) is 0 Å². The van der Waals surface area contributed by atoms with Gasteiger partial charge in [0.1, 0.15) is 16.9 Å². The predicted octanol–water partition coefficient (Wildman–Crippen LogP) is 1.63. The average Bonchev–Trinajstić information content (AvgIpc) is 2.15. The fourth-order valence-corrected chi connectivity index (χ4v) is 2.05. The molecule has 3 nitrogen and oxygen atoms in total. The molecule has 3 unspecified atom stereocenters. The second kappa shape index (κ2) is 4.87. The zero-order valence-electron chi connectivity index (χ0n) is 7.83. The highest BCUT2D eigenvalue weighted by Crippen LogP contribution is 2.29. The minimum Gasteiger partial charge on any atom is -0.465 e. The third-order valence-corrected chi connectivity index (χ3v) is 3.26. The van der Waals surface area contributed by atoms with Crippen molar-refractivity contribution in [3.63, 3.8) is 0 Å². The number of carbonyl (C=O) groups excluding carboxylic acids is 2. The molecule has 5 heteroatoms. The first-order chi connectivity index (χ1) is 6.57. The Morgan fingerprint density at radius 1 is 1.64 bits per heavy atom. The Hall–Kier alpha value is -0.450. The number of esters is 1. The van der Waals surface area contributed by atoms with Crippen LogP contribution < -0.4 is 0 Å². The van der Waals surface area contributed by atoms with E-state index in [0.29, 0.717) is 0 Å². The number of rotatable bonds is 2. The molecule has 0 aliphatic heterocycles. The second-order valence-corrected chi connectivity index (χ2v) is 4.19. The molecule has 0 bridgehead atoms. The SMILES string of the molecule is CCOC(=O)C1CCC(F)C(Br)C1=O. The quantitative estimate of drug-likeness (QED) is 0.434. The summed E-state index contributed by atoms with van der Waals surface area (Å²) < 4.78 is 17.8. The Labute approximate surface area is 90.1 Å². The van der Waals surface area contributed by atoms with Gasteiger partial charge in [-0.3, -0.25) is 9.59 Å². The Bertz CT molecular complexity index is 244. The number of alkyl halides is 2. The van der Waals surface area contributed by atoms with Crippen molar-refractivity contribution in [2.24, 2.45) is 5.92 Å². The molecule has 0 radical (unpaired) electrons. The van der Waals surface area contributed by atoms with Gasteiger partial charge in [0.15, 0.2) is 5.78 Å². The molecule has 80 valence electrons. The smallest absolute Gasteiger partial charge is 0.316 e. The van der Waals surface area contributed by atoms with Gasteiger partial charge in [0.25, 0.3) is 0 Å². The van der Waals surface area contributed by atoms with E-state index in [1.54, 1.807) is 6.92 Å². The van der Waals surface area contributed by atoms with Crippen molar-refractivity contribution in [2.75, 3.05) is 6.61 Å². The first-order valence-electron chi connectivity index (χ1n) is 4.56. The molecule has 1 saturated carbocycles. The van der Waals surface area contributed by atoms with Gasteiger partial charge in [0, 0.05) is 0 Å². The molecule has 14 heavy (non-hydrogen) atoms. The monoisotopic (exact) mass is 266 g/mol. The van der Waals surface area contributed by atoms with Gasteiger partial charge >= 0.3 is 5.97 Å². The van der Waals surface area contributed by atoms with Crippen LogP contribution in [0.3, 0.4) is 0 Å². The lowest BCUT2D eigenvalue weighted by Crippen LogP contribution is -2.41. The average molecular weight is 267 g/mol. The Balaban J connectivity index is 2.63. The zero-order valence-corrected chi connectivity index (χ0v) is 9.42. The molecule has 0 amide bonds. The number of carbonyl (C=O) groups is 2. The summed E-state index contributed by atoms with van der Waals surface area (Å²) in [6.45, 7) is 1.92. The highest BCUT2D eigenvalue weighted by Gasteiger charge is 2.41. The molecular weight excluding hydrogens is 255 g/mol. The van der Waals surface area contributed by atoms with E-state index in [0.717, 1.165) is 0 Å². The molecule has 0 aromatic heterocycles. The number of hydrogen-bond donors (Lipinski definition) is 0. The fourth-order valence-electron chi connectivity index (χ4n) is 1.46. The second-order valence-electron chi connectivity index (χ2n) is 3.20. The maximum Gasteiger partial charge on any atom is 0.316 e. The largest absolute Gasteiger partial charge is 0.465 e. The minimum absolute atomic E-state index is 0.227. The van der Waals surface area contributed by atoms with Crippen LogP contribution in [0.15, 0.2) is 0 Å². The van der Waals surface area contributed by atoms with Gasteiger partial charge in [-0.1, -0.05) is 15.9 Å². The molecule has 0 spiro atoms. The van der Waals surface area contributed by atoms with Crippen molar-refractivity contribution < 1.29 is 18.7 Å². The summed E-state index contributed by atoms with van der Waals surface area (Å²) in [6.07, 6.45) is -0.709. The van der Waals surface area contributed by atoms with Gasteiger partial charge in [-0.15, -0.1) is 0 Å². The number of ether oxygens (including phenoxy) is 1. The van der Waals surface area contributed by atoms with E-state index in [1.165, 1.54) is 0 Å². The van der Waals surface area contributed by atoms with Crippen LogP contribution in [0.1, 0.15) is 19.8 Å². The maximum absolute atomic E-state index is 13.0. The fraction of sp³-hybridized carbons (Fsp3) is 0.778. The van der Waals surface area contributed by atoms with Crippen LogP contribution in [0.2, 0.25) is 0 Å². The first kappa shape index (κ1) is 11.6. The lowest BCUT2D eigenvalue weighted by molar-refractivity contribution is -0.153. The standard InChI is InChI=1S/C9H12BrFO3/c1-2-14-9(13)5-3-4-6(11)7(10)8(5)12/h5-7H,2-4H2,1H3. The molecule has 1 rings (SSSR count). The molecule has 1 fully saturated rings. The van der Waals surface area contributed by atoms with Crippen LogP contribution in [-0.4, -0.2) is 29.4 Å². The molecule has 0 saturated heterocycles. The number of hydrogen-bond acceptors (Lipinski definition) is 3. The molecule has 0 heterocycles. The lowest BCUT2D eigenvalue weighted by atomic mass is 9.87. The first-order valence-corrected chi connectivity index (χ1v) is 5.48. The van der Waals surface area contributed by atoms with Crippen molar-refractivity contribution in [1.82, 2.24) is 0 Å². The normalized spacial score (nSPS) is 32.8. The molecular formula is C9H12BrFO3. The summed E-state index contributed by atoms with van der Waals surface area (Å²) in [5.74, 6) is -1.72.